The van der Waals surface area contributed by atoms with Crippen molar-refractivity contribution in [3.8, 4) is 5.69 Å². The Balaban J connectivity index is 1.89. The molecule has 2 heterocycles. The number of benzene rings is 1. The molecule has 2 aromatic rings. The molecule has 108 valence electrons. The quantitative estimate of drug-likeness (QED) is 0.929. The molecule has 6 nitrogen and oxygen atoms in total. The number of hydrazone groups is 1. The van der Waals surface area contributed by atoms with E-state index in [1.807, 2.05) is 37.4 Å². The van der Waals surface area contributed by atoms with Crippen LogP contribution in [0.4, 0.5) is 0 Å². The van der Waals surface area contributed by atoms with Crippen LogP contribution < -0.4 is 5.43 Å². The van der Waals surface area contributed by atoms with Crippen molar-refractivity contribution in [1.29, 1.82) is 0 Å². The van der Waals surface area contributed by atoms with Crippen molar-refractivity contribution in [2.24, 2.45) is 5.10 Å². The maximum absolute atomic E-state index is 11.0. The molecule has 0 fully saturated rings. The van der Waals surface area contributed by atoms with Gasteiger partial charge in [0.2, 0.25) is 5.90 Å². The van der Waals surface area contributed by atoms with Crippen molar-refractivity contribution in [2.75, 3.05) is 6.61 Å². The first-order valence-electron chi connectivity index (χ1n) is 6.82. The van der Waals surface area contributed by atoms with Gasteiger partial charge < -0.3 is 9.30 Å². The Hall–Kier alpha value is -2.63. The summed E-state index contributed by atoms with van der Waals surface area (Å²) in [4.78, 5) is 15.5. The predicted octanol–water partition coefficient (Wildman–Crippen LogP) is 1.55. The highest BCUT2D eigenvalue weighted by Crippen LogP contribution is 2.15. The van der Waals surface area contributed by atoms with E-state index in [4.69, 9.17) is 4.74 Å². The average Bonchev–Trinajstić information content (AvgIpc) is 2.89. The van der Waals surface area contributed by atoms with Gasteiger partial charge in [0, 0.05) is 23.9 Å². The van der Waals surface area contributed by atoms with Crippen LogP contribution in [0.2, 0.25) is 0 Å². The molecule has 1 N–H and O–H groups in total. The third-order valence-electron chi connectivity index (χ3n) is 3.23. The van der Waals surface area contributed by atoms with Gasteiger partial charge in [0.25, 0.3) is 5.91 Å². The van der Waals surface area contributed by atoms with Gasteiger partial charge in [-0.2, -0.15) is 0 Å². The first-order chi connectivity index (χ1) is 10.2. The lowest BCUT2D eigenvalue weighted by Gasteiger charge is -2.14. The Morgan fingerprint density at radius 1 is 1.33 bits per heavy atom. The molecule has 1 amide bonds. The second-order valence-corrected chi connectivity index (χ2v) is 4.81. The summed E-state index contributed by atoms with van der Waals surface area (Å²) in [7, 11) is 0. The standard InChI is InChI=1S/C15H16N4O2/c1-3-13-16-10(2)8-19(13)12-6-4-11(5-7-12)15-18-17-14(20)9-21-15/h4-8H,3,9H2,1-2H3,(H,17,20). The summed E-state index contributed by atoms with van der Waals surface area (Å²) in [5.74, 6) is 1.22. The fraction of sp³-hybridized carbons (Fsp3) is 0.267. The maximum Gasteiger partial charge on any atom is 0.278 e. The monoisotopic (exact) mass is 284 g/mol. The molecule has 1 aromatic carbocycles. The topological polar surface area (TPSA) is 68.5 Å². The summed E-state index contributed by atoms with van der Waals surface area (Å²) in [5, 5.41) is 3.90. The fourth-order valence-electron chi connectivity index (χ4n) is 2.24. The number of carbonyl (C=O) groups excluding carboxylic acids is 1. The molecule has 0 unspecified atom stereocenters. The molecule has 6 heteroatoms. The van der Waals surface area contributed by atoms with Crippen LogP contribution >= 0.6 is 0 Å². The Morgan fingerprint density at radius 3 is 2.71 bits per heavy atom. The van der Waals surface area contributed by atoms with E-state index in [9.17, 15) is 4.79 Å². The van der Waals surface area contributed by atoms with Crippen LogP contribution in [0.1, 0.15) is 24.0 Å². The number of nitrogens with one attached hydrogen (secondary N) is 1. The van der Waals surface area contributed by atoms with Crippen LogP contribution in [-0.4, -0.2) is 28.0 Å². The third-order valence-corrected chi connectivity index (χ3v) is 3.23. The van der Waals surface area contributed by atoms with Gasteiger partial charge in [0.05, 0.1) is 5.69 Å². The number of amides is 1. The van der Waals surface area contributed by atoms with E-state index in [1.54, 1.807) is 0 Å². The summed E-state index contributed by atoms with van der Waals surface area (Å²) in [5.41, 5.74) is 5.27. The number of carbonyl (C=O) groups is 1. The molecule has 1 aromatic heterocycles. The zero-order valence-electron chi connectivity index (χ0n) is 12.0. The third kappa shape index (κ3) is 2.65. The molecule has 0 aliphatic carbocycles. The average molecular weight is 284 g/mol. The van der Waals surface area contributed by atoms with Gasteiger partial charge in [0.15, 0.2) is 6.61 Å². The lowest BCUT2D eigenvalue weighted by atomic mass is 10.2. The second-order valence-electron chi connectivity index (χ2n) is 4.81. The van der Waals surface area contributed by atoms with Crippen molar-refractivity contribution < 1.29 is 9.53 Å². The molecule has 3 rings (SSSR count). The van der Waals surface area contributed by atoms with Crippen molar-refractivity contribution >= 4 is 11.8 Å². The van der Waals surface area contributed by atoms with Crippen LogP contribution in [0.25, 0.3) is 5.69 Å². The summed E-state index contributed by atoms with van der Waals surface area (Å²) < 4.78 is 7.36. The highest BCUT2D eigenvalue weighted by Gasteiger charge is 2.14. The summed E-state index contributed by atoms with van der Waals surface area (Å²) in [6.45, 7) is 4.07. The van der Waals surface area contributed by atoms with Gasteiger partial charge in [-0.05, 0) is 31.2 Å². The normalized spacial score (nSPS) is 14.4. The van der Waals surface area contributed by atoms with E-state index >= 15 is 0 Å². The van der Waals surface area contributed by atoms with Gasteiger partial charge in [0.1, 0.15) is 5.82 Å². The Morgan fingerprint density at radius 2 is 2.10 bits per heavy atom. The van der Waals surface area contributed by atoms with E-state index < -0.39 is 0 Å². The van der Waals surface area contributed by atoms with E-state index in [1.165, 1.54) is 0 Å². The number of imidazole rings is 1. The molecule has 0 radical (unpaired) electrons. The minimum atomic E-state index is -0.239. The van der Waals surface area contributed by atoms with Crippen molar-refractivity contribution in [2.45, 2.75) is 20.3 Å². The van der Waals surface area contributed by atoms with E-state index in [2.05, 4.69) is 27.0 Å². The fourth-order valence-corrected chi connectivity index (χ4v) is 2.24. The summed E-state index contributed by atoms with van der Waals surface area (Å²) >= 11 is 0. The summed E-state index contributed by atoms with van der Waals surface area (Å²) in [6.07, 6.45) is 2.89. The van der Waals surface area contributed by atoms with Crippen LogP contribution in [0, 0.1) is 6.92 Å². The Kier molecular flexibility index (Phi) is 3.43. The van der Waals surface area contributed by atoms with Crippen LogP contribution in [0.3, 0.4) is 0 Å². The van der Waals surface area contributed by atoms with Gasteiger partial charge in [-0.25, -0.2) is 10.4 Å². The van der Waals surface area contributed by atoms with Crippen molar-refractivity contribution in [3.63, 3.8) is 0 Å². The molecule has 1 aliphatic heterocycles. The van der Waals surface area contributed by atoms with Gasteiger partial charge in [-0.1, -0.05) is 6.92 Å². The smallest absolute Gasteiger partial charge is 0.278 e. The lowest BCUT2D eigenvalue weighted by Crippen LogP contribution is -2.32. The minimum Gasteiger partial charge on any atom is -0.466 e. The summed E-state index contributed by atoms with van der Waals surface area (Å²) in [6, 6.07) is 7.80. The van der Waals surface area contributed by atoms with Crippen LogP contribution in [0.15, 0.2) is 35.6 Å². The van der Waals surface area contributed by atoms with Gasteiger partial charge in [-0.3, -0.25) is 4.79 Å². The number of aryl methyl sites for hydroxylation is 2. The van der Waals surface area contributed by atoms with E-state index in [-0.39, 0.29) is 12.5 Å². The van der Waals surface area contributed by atoms with Crippen molar-refractivity contribution in [1.82, 2.24) is 15.0 Å². The Labute approximate surface area is 122 Å². The minimum absolute atomic E-state index is 0.00127. The number of nitrogens with zero attached hydrogens (tertiary/aromatic N) is 3. The molecule has 1 aliphatic rings. The molecule has 0 saturated carbocycles. The maximum atomic E-state index is 11.0. The first kappa shape index (κ1) is 13.4. The molecular formula is C15H16N4O2. The molecule has 0 spiro atoms. The highest BCUT2D eigenvalue weighted by atomic mass is 16.5. The predicted molar refractivity (Wildman–Crippen MR) is 78.3 cm³/mol. The molecule has 0 bridgehead atoms. The molecule has 0 saturated heterocycles. The van der Waals surface area contributed by atoms with E-state index in [0.717, 1.165) is 29.2 Å². The van der Waals surface area contributed by atoms with E-state index in [0.29, 0.717) is 5.90 Å². The zero-order valence-corrected chi connectivity index (χ0v) is 12.0. The van der Waals surface area contributed by atoms with Crippen LogP contribution in [-0.2, 0) is 16.0 Å². The second kappa shape index (κ2) is 5.40. The molecule has 21 heavy (non-hydrogen) atoms. The number of ether oxygens (including phenoxy) is 1. The largest absolute Gasteiger partial charge is 0.466 e. The molecular weight excluding hydrogens is 268 g/mol. The number of rotatable bonds is 3. The van der Waals surface area contributed by atoms with Gasteiger partial charge >= 0.3 is 0 Å². The van der Waals surface area contributed by atoms with Crippen LogP contribution in [0.5, 0.6) is 0 Å². The SMILES string of the molecule is CCc1nc(C)cn1-c1ccc(C2=NNC(=O)CO2)cc1. The number of aromatic nitrogens is 2. The van der Waals surface area contributed by atoms with Gasteiger partial charge in [-0.15, -0.1) is 5.10 Å². The zero-order chi connectivity index (χ0) is 14.8. The molecule has 0 atom stereocenters. The Bertz CT molecular complexity index is 701. The first-order valence-corrected chi connectivity index (χ1v) is 6.82. The van der Waals surface area contributed by atoms with Crippen molar-refractivity contribution in [3.05, 3.63) is 47.5 Å². The number of hydrogen-bond donors (Lipinski definition) is 1. The highest BCUT2D eigenvalue weighted by molar-refractivity contribution is 5.98. The number of hydrogen-bond acceptors (Lipinski definition) is 4. The lowest BCUT2D eigenvalue weighted by molar-refractivity contribution is -0.124.